The Morgan fingerprint density at radius 3 is 2.50 bits per heavy atom. The molecule has 0 N–H and O–H groups in total. The molecule has 0 amide bonds. The fourth-order valence-electron chi connectivity index (χ4n) is 0.956. The van der Waals surface area contributed by atoms with Crippen molar-refractivity contribution < 1.29 is 4.21 Å². The first-order chi connectivity index (χ1) is 7.30. The molecule has 88 valence electrons. The molecule has 0 fully saturated rings. The van der Waals surface area contributed by atoms with Crippen molar-refractivity contribution in [2.24, 2.45) is 4.40 Å². The average Bonchev–Trinajstić information content (AvgIpc) is 2.18. The fraction of sp³-hybridized carbons (Fsp3) is 0.417. The van der Waals surface area contributed by atoms with Crippen LogP contribution in [0.3, 0.4) is 0 Å². The van der Waals surface area contributed by atoms with Gasteiger partial charge in [0.2, 0.25) is 0 Å². The molecule has 4 heteroatoms. The lowest BCUT2D eigenvalue weighted by Crippen LogP contribution is -2.19. The van der Waals surface area contributed by atoms with E-state index in [1.807, 2.05) is 39.0 Å². The van der Waals surface area contributed by atoms with Gasteiger partial charge in [-0.15, -0.1) is 0 Å². The molecule has 0 saturated carbocycles. The number of halogens is 1. The normalized spacial score (nSPS) is 14.3. The fourth-order valence-corrected chi connectivity index (χ4v) is 2.03. The largest absolute Gasteiger partial charge is 0.234 e. The van der Waals surface area contributed by atoms with Crippen LogP contribution >= 0.6 is 22.6 Å². The Morgan fingerprint density at radius 1 is 1.38 bits per heavy atom. The average molecular weight is 349 g/mol. The van der Waals surface area contributed by atoms with Crippen molar-refractivity contribution in [2.45, 2.75) is 32.4 Å². The first-order valence-corrected chi connectivity index (χ1v) is 7.21. The highest BCUT2D eigenvalue weighted by molar-refractivity contribution is 14.1. The second-order valence-electron chi connectivity index (χ2n) is 4.60. The van der Waals surface area contributed by atoms with Gasteiger partial charge in [-0.25, -0.2) is 4.21 Å². The lowest BCUT2D eigenvalue weighted by molar-refractivity contribution is 0.651. The molecule has 1 aromatic carbocycles. The predicted octanol–water partition coefficient (Wildman–Crippen LogP) is 3.48. The summed E-state index contributed by atoms with van der Waals surface area (Å²) in [5.74, 6) is 0. The van der Waals surface area contributed by atoms with Crippen LogP contribution in [0, 0.1) is 10.5 Å². The minimum absolute atomic E-state index is 0.297. The molecule has 0 saturated heterocycles. The molecule has 0 heterocycles. The van der Waals surface area contributed by atoms with Gasteiger partial charge in [0.05, 0.1) is 4.75 Å². The molecule has 0 aliphatic carbocycles. The molecule has 0 aliphatic heterocycles. The van der Waals surface area contributed by atoms with Gasteiger partial charge in [0.15, 0.2) is 0 Å². The van der Waals surface area contributed by atoms with E-state index in [0.29, 0.717) is 0 Å². The summed E-state index contributed by atoms with van der Waals surface area (Å²) in [6.45, 7) is 7.81. The van der Waals surface area contributed by atoms with Crippen LogP contribution in [-0.2, 0) is 11.0 Å². The van der Waals surface area contributed by atoms with Crippen LogP contribution in [0.2, 0.25) is 0 Å². The van der Waals surface area contributed by atoms with Crippen molar-refractivity contribution in [3.63, 3.8) is 0 Å². The Labute approximate surface area is 113 Å². The van der Waals surface area contributed by atoms with Gasteiger partial charge >= 0.3 is 0 Å². The van der Waals surface area contributed by atoms with Crippen LogP contribution in [0.4, 0.5) is 0 Å². The van der Waals surface area contributed by atoms with Gasteiger partial charge in [-0.2, -0.15) is 4.40 Å². The number of aryl methyl sites for hydroxylation is 1. The highest BCUT2D eigenvalue weighted by Gasteiger charge is 2.17. The summed E-state index contributed by atoms with van der Waals surface area (Å²) in [7, 11) is -1.18. The number of benzene rings is 1. The Balaban J connectivity index is 2.85. The molecule has 0 radical (unpaired) electrons. The summed E-state index contributed by atoms with van der Waals surface area (Å²) in [5.41, 5.74) is 2.24. The number of hydrogen-bond donors (Lipinski definition) is 0. The van der Waals surface area contributed by atoms with E-state index in [9.17, 15) is 4.21 Å². The van der Waals surface area contributed by atoms with Crippen LogP contribution in [0.1, 0.15) is 31.9 Å². The second kappa shape index (κ2) is 5.40. The zero-order valence-electron chi connectivity index (χ0n) is 9.95. The maximum absolute atomic E-state index is 11.7. The standard InChI is InChI=1S/C12H16INOS/c1-9-5-6-10(7-11(9)13)8-14-16(15)12(2,3)4/h5-8H,1-4H3/b14-8+. The molecule has 1 atom stereocenters. The second-order valence-corrected chi connectivity index (χ2v) is 7.70. The summed E-state index contributed by atoms with van der Waals surface area (Å²) in [5, 5.41) is 0. The Kier molecular flexibility index (Phi) is 4.67. The summed E-state index contributed by atoms with van der Waals surface area (Å²) < 4.78 is 16.7. The lowest BCUT2D eigenvalue weighted by Gasteiger charge is -2.12. The monoisotopic (exact) mass is 349 g/mol. The molecule has 0 bridgehead atoms. The van der Waals surface area contributed by atoms with Gasteiger partial charge in [0, 0.05) is 9.78 Å². The number of hydrogen-bond acceptors (Lipinski definition) is 1. The first-order valence-electron chi connectivity index (χ1n) is 5.03. The van der Waals surface area contributed by atoms with Crippen molar-refractivity contribution in [2.75, 3.05) is 0 Å². The van der Waals surface area contributed by atoms with Crippen LogP contribution < -0.4 is 0 Å². The van der Waals surface area contributed by atoms with Crippen molar-refractivity contribution in [1.29, 1.82) is 0 Å². The third-order valence-corrected chi connectivity index (χ3v) is 4.52. The molecule has 1 aromatic rings. The van der Waals surface area contributed by atoms with Crippen molar-refractivity contribution in [3.05, 3.63) is 32.9 Å². The van der Waals surface area contributed by atoms with Gasteiger partial charge in [-0.3, -0.25) is 0 Å². The van der Waals surface area contributed by atoms with Crippen LogP contribution in [-0.4, -0.2) is 15.2 Å². The maximum Gasteiger partial charge on any atom is 0.144 e. The van der Waals surface area contributed by atoms with Crippen molar-refractivity contribution in [3.8, 4) is 0 Å². The van der Waals surface area contributed by atoms with E-state index >= 15 is 0 Å². The quantitative estimate of drug-likeness (QED) is 0.594. The van der Waals surface area contributed by atoms with Gasteiger partial charge < -0.3 is 0 Å². The van der Waals surface area contributed by atoms with Gasteiger partial charge in [0.1, 0.15) is 11.0 Å². The summed E-state index contributed by atoms with van der Waals surface area (Å²) in [4.78, 5) is 0. The van der Waals surface area contributed by atoms with Crippen LogP contribution in [0.25, 0.3) is 0 Å². The summed E-state index contributed by atoms with van der Waals surface area (Å²) >= 11 is 2.29. The lowest BCUT2D eigenvalue weighted by atomic mass is 10.2. The molecule has 2 nitrogen and oxygen atoms in total. The number of rotatable bonds is 2. The third kappa shape index (κ3) is 3.97. The molecular formula is C12H16INOS. The van der Waals surface area contributed by atoms with E-state index < -0.39 is 11.0 Å². The van der Waals surface area contributed by atoms with Crippen molar-refractivity contribution in [1.82, 2.24) is 0 Å². The van der Waals surface area contributed by atoms with E-state index in [4.69, 9.17) is 0 Å². The molecular weight excluding hydrogens is 333 g/mol. The molecule has 1 unspecified atom stereocenters. The summed E-state index contributed by atoms with van der Waals surface area (Å²) in [6, 6.07) is 6.07. The molecule has 0 spiro atoms. The molecule has 0 aromatic heterocycles. The molecule has 16 heavy (non-hydrogen) atoms. The van der Waals surface area contributed by atoms with Crippen molar-refractivity contribution >= 4 is 39.8 Å². The van der Waals surface area contributed by atoms with E-state index in [2.05, 4.69) is 33.9 Å². The van der Waals surface area contributed by atoms with E-state index in [1.165, 1.54) is 9.13 Å². The molecule has 1 rings (SSSR count). The molecule has 0 aliphatic rings. The van der Waals surface area contributed by atoms with Gasteiger partial charge in [0.25, 0.3) is 0 Å². The first kappa shape index (κ1) is 13.8. The van der Waals surface area contributed by atoms with E-state index in [-0.39, 0.29) is 4.75 Å². The van der Waals surface area contributed by atoms with E-state index in [1.54, 1.807) is 6.21 Å². The minimum atomic E-state index is -1.18. The Bertz CT molecular complexity index is 435. The minimum Gasteiger partial charge on any atom is -0.234 e. The highest BCUT2D eigenvalue weighted by Crippen LogP contribution is 2.14. The Hall–Kier alpha value is -0.230. The Morgan fingerprint density at radius 2 is 2.00 bits per heavy atom. The summed E-state index contributed by atoms with van der Waals surface area (Å²) in [6.07, 6.45) is 1.68. The van der Waals surface area contributed by atoms with E-state index in [0.717, 1.165) is 5.56 Å². The van der Waals surface area contributed by atoms with Gasteiger partial charge in [-0.05, 0) is 67.5 Å². The van der Waals surface area contributed by atoms with Crippen LogP contribution in [0.5, 0.6) is 0 Å². The van der Waals surface area contributed by atoms with Crippen LogP contribution in [0.15, 0.2) is 22.6 Å². The highest BCUT2D eigenvalue weighted by atomic mass is 127. The predicted molar refractivity (Wildman–Crippen MR) is 79.4 cm³/mol. The zero-order valence-corrected chi connectivity index (χ0v) is 12.9. The SMILES string of the molecule is Cc1ccc(/C=N/S(=O)C(C)(C)C)cc1I. The van der Waals surface area contributed by atoms with Gasteiger partial charge in [-0.1, -0.05) is 12.1 Å². The topological polar surface area (TPSA) is 29.4 Å². The zero-order chi connectivity index (χ0) is 12.3. The third-order valence-electron chi connectivity index (χ3n) is 2.02. The smallest absolute Gasteiger partial charge is 0.144 e. The number of nitrogens with zero attached hydrogens (tertiary/aromatic N) is 1. The maximum atomic E-state index is 11.7.